The third-order valence-corrected chi connectivity index (χ3v) is 5.69. The summed E-state index contributed by atoms with van der Waals surface area (Å²) in [5.41, 5.74) is 5.35. The van der Waals surface area contributed by atoms with Crippen LogP contribution in [0.1, 0.15) is 16.9 Å². The van der Waals surface area contributed by atoms with Gasteiger partial charge in [-0.3, -0.25) is 14.9 Å². The van der Waals surface area contributed by atoms with Gasteiger partial charge in [0, 0.05) is 22.8 Å². The molecule has 2 heterocycles. The monoisotopic (exact) mass is 477 g/mol. The molecule has 4 rings (SSSR count). The highest BCUT2D eigenvalue weighted by atomic mass is 32.2. The largest absolute Gasteiger partial charge is 0.455 e. The Balaban J connectivity index is 1.35. The van der Waals surface area contributed by atoms with E-state index in [4.69, 9.17) is 4.42 Å². The number of carbonyl (C=O) groups is 1. The fourth-order valence-electron chi connectivity index (χ4n) is 3.17. The van der Waals surface area contributed by atoms with Crippen LogP contribution in [0.5, 0.6) is 0 Å². The molecule has 0 spiro atoms. The molecule has 0 aliphatic heterocycles. The van der Waals surface area contributed by atoms with Crippen molar-refractivity contribution < 1.29 is 14.1 Å². The number of nitro benzene ring substituents is 1. The van der Waals surface area contributed by atoms with Gasteiger partial charge in [-0.1, -0.05) is 30.3 Å². The molecule has 34 heavy (non-hydrogen) atoms. The Labute approximate surface area is 198 Å². The molecular formula is C22H19N7O4S. The standard InChI is InChI=1S/C22H19N7O4S/c1-14-11-19(29(31)32)15(2)10-18(14)20-9-8-17(33-20)12-23-24-21(30)13-34-28-22(25-26-27-28)16-6-4-3-5-7-16/h3-12H,13H2,1-2H3,(H,24,30)/b23-12-. The van der Waals surface area contributed by atoms with Crippen molar-refractivity contribution in [2.24, 2.45) is 5.10 Å². The van der Waals surface area contributed by atoms with Crippen LogP contribution in [0.15, 0.2) is 64.1 Å². The van der Waals surface area contributed by atoms with Crippen molar-refractivity contribution in [1.82, 2.24) is 25.0 Å². The third kappa shape index (κ3) is 5.18. The molecule has 0 atom stereocenters. The van der Waals surface area contributed by atoms with E-state index in [1.807, 2.05) is 30.3 Å². The van der Waals surface area contributed by atoms with Gasteiger partial charge in [0.1, 0.15) is 11.5 Å². The van der Waals surface area contributed by atoms with E-state index in [1.165, 1.54) is 16.4 Å². The van der Waals surface area contributed by atoms with Gasteiger partial charge in [0.15, 0.2) is 5.82 Å². The van der Waals surface area contributed by atoms with Crippen molar-refractivity contribution in [2.45, 2.75) is 13.8 Å². The van der Waals surface area contributed by atoms with Crippen LogP contribution in [0.2, 0.25) is 0 Å². The van der Waals surface area contributed by atoms with Crippen LogP contribution in [0.4, 0.5) is 5.69 Å². The molecule has 4 aromatic rings. The van der Waals surface area contributed by atoms with Gasteiger partial charge in [-0.15, -0.1) is 5.10 Å². The van der Waals surface area contributed by atoms with Gasteiger partial charge >= 0.3 is 0 Å². The summed E-state index contributed by atoms with van der Waals surface area (Å²) in [4.78, 5) is 22.9. The number of furan rings is 1. The van der Waals surface area contributed by atoms with Crippen molar-refractivity contribution in [2.75, 3.05) is 5.75 Å². The molecule has 0 fully saturated rings. The van der Waals surface area contributed by atoms with Gasteiger partial charge in [-0.25, -0.2) is 5.43 Å². The summed E-state index contributed by atoms with van der Waals surface area (Å²) in [6, 6.07) is 16.1. The van der Waals surface area contributed by atoms with Crippen LogP contribution in [0.3, 0.4) is 0 Å². The summed E-state index contributed by atoms with van der Waals surface area (Å²) in [6.07, 6.45) is 1.38. The summed E-state index contributed by atoms with van der Waals surface area (Å²) in [5.74, 6) is 1.22. The van der Waals surface area contributed by atoms with E-state index in [9.17, 15) is 14.9 Å². The van der Waals surface area contributed by atoms with Crippen molar-refractivity contribution in [1.29, 1.82) is 0 Å². The van der Waals surface area contributed by atoms with Gasteiger partial charge in [-0.2, -0.15) is 9.19 Å². The number of hydrogen-bond acceptors (Lipinski definition) is 9. The van der Waals surface area contributed by atoms with E-state index >= 15 is 0 Å². The summed E-state index contributed by atoms with van der Waals surface area (Å²) in [5, 5.41) is 26.6. The molecule has 11 nitrogen and oxygen atoms in total. The Hall–Kier alpha value is -4.32. The lowest BCUT2D eigenvalue weighted by atomic mass is 10.0. The number of rotatable bonds is 8. The zero-order chi connectivity index (χ0) is 24.1. The van der Waals surface area contributed by atoms with E-state index < -0.39 is 4.92 Å². The van der Waals surface area contributed by atoms with E-state index in [2.05, 4.69) is 26.1 Å². The second-order valence-corrected chi connectivity index (χ2v) is 8.11. The third-order valence-electron chi connectivity index (χ3n) is 4.80. The minimum atomic E-state index is -0.408. The molecule has 12 heteroatoms. The average molecular weight is 478 g/mol. The SMILES string of the molecule is Cc1cc([N+](=O)[O-])c(C)cc1-c1ccc(/C=N\NC(=O)CSn2nnnc2-c2ccccc2)o1. The molecule has 2 aromatic heterocycles. The number of aryl methyl sites for hydroxylation is 2. The zero-order valence-corrected chi connectivity index (χ0v) is 19.0. The highest BCUT2D eigenvalue weighted by Gasteiger charge is 2.16. The van der Waals surface area contributed by atoms with E-state index in [0.29, 0.717) is 22.9 Å². The molecular weight excluding hydrogens is 458 g/mol. The van der Waals surface area contributed by atoms with Gasteiger partial charge in [0.25, 0.3) is 11.6 Å². The molecule has 1 N–H and O–H groups in total. The minimum absolute atomic E-state index is 0.0485. The first kappa shape index (κ1) is 22.9. The molecule has 2 aromatic carbocycles. The number of nitrogens with zero attached hydrogens (tertiary/aromatic N) is 6. The van der Waals surface area contributed by atoms with Crippen LogP contribution in [-0.4, -0.2) is 42.4 Å². The van der Waals surface area contributed by atoms with Crippen LogP contribution in [-0.2, 0) is 4.79 Å². The zero-order valence-electron chi connectivity index (χ0n) is 18.2. The smallest absolute Gasteiger partial charge is 0.272 e. The Kier molecular flexibility index (Phi) is 6.78. The maximum atomic E-state index is 12.2. The molecule has 0 radical (unpaired) electrons. The number of aromatic nitrogens is 4. The van der Waals surface area contributed by atoms with Crippen LogP contribution in [0, 0.1) is 24.0 Å². The summed E-state index contributed by atoms with van der Waals surface area (Å²) in [7, 11) is 0. The number of carbonyl (C=O) groups excluding carboxylic acids is 1. The quantitative estimate of drug-likeness (QED) is 0.230. The molecule has 1 amide bonds. The maximum absolute atomic E-state index is 12.2. The lowest BCUT2D eigenvalue weighted by molar-refractivity contribution is -0.385. The lowest BCUT2D eigenvalue weighted by Gasteiger charge is -2.05. The Morgan fingerprint density at radius 3 is 2.76 bits per heavy atom. The number of nitro groups is 1. The Bertz CT molecular complexity index is 1360. The number of hydrogen-bond donors (Lipinski definition) is 1. The predicted molar refractivity (Wildman–Crippen MR) is 127 cm³/mol. The molecule has 0 aliphatic carbocycles. The molecule has 0 aliphatic rings. The van der Waals surface area contributed by atoms with Crippen molar-refractivity contribution in [3.63, 3.8) is 0 Å². The highest BCUT2D eigenvalue weighted by Crippen LogP contribution is 2.31. The molecule has 0 saturated heterocycles. The van der Waals surface area contributed by atoms with Gasteiger partial charge in [-0.05, 0) is 60.0 Å². The van der Waals surface area contributed by atoms with Crippen LogP contribution in [0.25, 0.3) is 22.7 Å². The minimum Gasteiger partial charge on any atom is -0.455 e. The topological polar surface area (TPSA) is 141 Å². The summed E-state index contributed by atoms with van der Waals surface area (Å²) >= 11 is 1.13. The van der Waals surface area contributed by atoms with Crippen molar-refractivity contribution >= 4 is 29.8 Å². The van der Waals surface area contributed by atoms with Crippen molar-refractivity contribution in [3.8, 4) is 22.7 Å². The van der Waals surface area contributed by atoms with E-state index in [0.717, 1.165) is 28.6 Å². The fourth-order valence-corrected chi connectivity index (χ4v) is 3.82. The van der Waals surface area contributed by atoms with Crippen LogP contribution >= 0.6 is 11.9 Å². The van der Waals surface area contributed by atoms with E-state index in [-0.39, 0.29) is 17.3 Å². The van der Waals surface area contributed by atoms with E-state index in [1.54, 1.807) is 32.0 Å². The average Bonchev–Trinajstić information content (AvgIpc) is 3.49. The fraction of sp³-hybridized carbons (Fsp3) is 0.136. The van der Waals surface area contributed by atoms with Gasteiger partial charge < -0.3 is 4.42 Å². The second kappa shape index (κ2) is 10.1. The van der Waals surface area contributed by atoms with Gasteiger partial charge in [0.05, 0.1) is 16.9 Å². The molecule has 0 unspecified atom stereocenters. The summed E-state index contributed by atoms with van der Waals surface area (Å²) < 4.78 is 7.24. The first-order valence-electron chi connectivity index (χ1n) is 10.1. The van der Waals surface area contributed by atoms with Crippen LogP contribution < -0.4 is 5.43 Å². The number of tetrazole rings is 1. The highest BCUT2D eigenvalue weighted by molar-refractivity contribution is 7.98. The normalized spacial score (nSPS) is 11.1. The molecule has 0 saturated carbocycles. The predicted octanol–water partition coefficient (Wildman–Crippen LogP) is 3.77. The first-order chi connectivity index (χ1) is 16.4. The number of nitrogens with one attached hydrogen (secondary N) is 1. The molecule has 172 valence electrons. The van der Waals surface area contributed by atoms with Crippen molar-refractivity contribution in [3.05, 3.63) is 81.6 Å². The number of hydrazone groups is 1. The lowest BCUT2D eigenvalue weighted by Crippen LogP contribution is -2.20. The maximum Gasteiger partial charge on any atom is 0.272 e. The Morgan fingerprint density at radius 2 is 2.00 bits per heavy atom. The summed E-state index contributed by atoms with van der Waals surface area (Å²) in [6.45, 7) is 3.46. The number of amides is 1. The number of benzene rings is 2. The first-order valence-corrected chi connectivity index (χ1v) is 11.0. The van der Waals surface area contributed by atoms with Gasteiger partial charge in [0.2, 0.25) is 0 Å². The Morgan fingerprint density at radius 1 is 1.21 bits per heavy atom. The second-order valence-electron chi connectivity index (χ2n) is 7.22. The molecule has 0 bridgehead atoms.